The van der Waals surface area contributed by atoms with Gasteiger partial charge in [0.15, 0.2) is 0 Å². The van der Waals surface area contributed by atoms with Gasteiger partial charge in [-0.25, -0.2) is 13.3 Å². The molecule has 0 spiro atoms. The fourth-order valence-electron chi connectivity index (χ4n) is 3.77. The Morgan fingerprint density at radius 2 is 1.69 bits per heavy atom. The van der Waals surface area contributed by atoms with E-state index in [0.29, 0.717) is 17.4 Å². The summed E-state index contributed by atoms with van der Waals surface area (Å²) < 4.78 is 33.3. The average Bonchev–Trinajstić information content (AvgIpc) is 3.40. The molecule has 3 aromatic rings. The van der Waals surface area contributed by atoms with Gasteiger partial charge in [0.05, 0.1) is 29.8 Å². The Morgan fingerprint density at radius 1 is 1.00 bits per heavy atom. The van der Waals surface area contributed by atoms with Gasteiger partial charge in [0.25, 0.3) is 5.91 Å². The van der Waals surface area contributed by atoms with Crippen LogP contribution in [0.4, 0.5) is 5.69 Å². The number of sulfonamides is 1. The highest BCUT2D eigenvalue weighted by Crippen LogP contribution is 2.31. The van der Waals surface area contributed by atoms with E-state index < -0.39 is 27.9 Å². The first kappa shape index (κ1) is 22.0. The van der Waals surface area contributed by atoms with Crippen molar-refractivity contribution in [2.75, 3.05) is 4.90 Å². The van der Waals surface area contributed by atoms with Crippen molar-refractivity contribution in [2.45, 2.75) is 43.7 Å². The summed E-state index contributed by atoms with van der Waals surface area (Å²) in [6.07, 6.45) is 1.20. The van der Waals surface area contributed by atoms with Crippen molar-refractivity contribution in [2.24, 2.45) is 0 Å². The second-order valence-electron chi connectivity index (χ2n) is 7.98. The van der Waals surface area contributed by atoms with Crippen LogP contribution in [0.1, 0.15) is 37.5 Å². The number of carbonyl (C=O) groups excluding carboxylic acids is 2. The molecule has 1 aromatic heterocycles. The highest BCUT2D eigenvalue weighted by molar-refractivity contribution is 7.89. The zero-order valence-corrected chi connectivity index (χ0v) is 18.7. The number of imide groups is 1. The lowest BCUT2D eigenvalue weighted by atomic mass is 10.0. The topological polar surface area (TPSA) is 87.9 Å². The minimum atomic E-state index is -4.07. The minimum Gasteiger partial charge on any atom is -0.468 e. The molecule has 0 bridgehead atoms. The van der Waals surface area contributed by atoms with E-state index in [1.54, 1.807) is 42.5 Å². The van der Waals surface area contributed by atoms with Gasteiger partial charge < -0.3 is 4.42 Å². The van der Waals surface area contributed by atoms with E-state index in [9.17, 15) is 18.0 Å². The molecule has 1 saturated heterocycles. The zero-order valence-electron chi connectivity index (χ0n) is 17.8. The van der Waals surface area contributed by atoms with Crippen LogP contribution in [0.2, 0.25) is 0 Å². The van der Waals surface area contributed by atoms with Crippen LogP contribution < -0.4 is 4.90 Å². The number of benzene rings is 2. The molecule has 1 unspecified atom stereocenters. The fourth-order valence-corrected chi connectivity index (χ4v) is 5.34. The Morgan fingerprint density at radius 3 is 2.28 bits per heavy atom. The maximum absolute atomic E-state index is 13.5. The van der Waals surface area contributed by atoms with E-state index in [1.807, 2.05) is 12.1 Å². The molecule has 2 amide bonds. The molecule has 0 saturated carbocycles. The van der Waals surface area contributed by atoms with Crippen LogP contribution in [0.3, 0.4) is 0 Å². The van der Waals surface area contributed by atoms with Gasteiger partial charge in [-0.15, -0.1) is 0 Å². The van der Waals surface area contributed by atoms with Crippen LogP contribution in [-0.4, -0.2) is 30.6 Å². The van der Waals surface area contributed by atoms with Gasteiger partial charge in [-0.3, -0.25) is 9.59 Å². The third-order valence-electron chi connectivity index (χ3n) is 5.53. The third kappa shape index (κ3) is 4.11. The van der Waals surface area contributed by atoms with Crippen molar-refractivity contribution in [3.05, 3.63) is 84.3 Å². The minimum absolute atomic E-state index is 0.0477. The summed E-state index contributed by atoms with van der Waals surface area (Å²) in [5.74, 6) is -0.325. The Balaban J connectivity index is 1.70. The fraction of sp³-hybridized carbons (Fsp3) is 0.250. The van der Waals surface area contributed by atoms with E-state index in [2.05, 4.69) is 13.8 Å². The molecule has 0 aliphatic carbocycles. The van der Waals surface area contributed by atoms with Crippen LogP contribution >= 0.6 is 0 Å². The van der Waals surface area contributed by atoms with E-state index in [-0.39, 0.29) is 17.9 Å². The lowest BCUT2D eigenvalue weighted by Gasteiger charge is -2.26. The summed E-state index contributed by atoms with van der Waals surface area (Å²) >= 11 is 0. The van der Waals surface area contributed by atoms with Crippen molar-refractivity contribution in [3.8, 4) is 0 Å². The van der Waals surface area contributed by atoms with Gasteiger partial charge >= 0.3 is 0 Å². The summed E-state index contributed by atoms with van der Waals surface area (Å²) in [5, 5.41) is 0. The Labute approximate surface area is 187 Å². The van der Waals surface area contributed by atoms with Gasteiger partial charge in [-0.1, -0.05) is 44.2 Å². The van der Waals surface area contributed by atoms with Gasteiger partial charge in [-0.05, 0) is 47.9 Å². The molecule has 2 aromatic carbocycles. The first-order chi connectivity index (χ1) is 15.3. The molecule has 0 N–H and O–H groups in total. The standard InChI is InChI=1S/C24H24N2O5S/c1-17(2)18-10-12-19(13-11-18)26-23(27)15-22(24(26)28)25(16-20-7-6-14-31-20)32(29,30)21-8-4-3-5-9-21/h3-14,17,22H,15-16H2,1-2H3. The van der Waals surface area contributed by atoms with Crippen molar-refractivity contribution in [1.82, 2.24) is 4.31 Å². The van der Waals surface area contributed by atoms with E-state index in [0.717, 1.165) is 14.8 Å². The van der Waals surface area contributed by atoms with Crippen molar-refractivity contribution in [3.63, 3.8) is 0 Å². The number of rotatable bonds is 7. The maximum Gasteiger partial charge on any atom is 0.252 e. The molecule has 0 radical (unpaired) electrons. The SMILES string of the molecule is CC(C)c1ccc(N2C(=O)CC(N(Cc3ccco3)S(=O)(=O)c3ccccc3)C2=O)cc1. The van der Waals surface area contributed by atoms with E-state index >= 15 is 0 Å². The number of nitrogens with zero attached hydrogens (tertiary/aromatic N) is 2. The molecule has 1 fully saturated rings. The highest BCUT2D eigenvalue weighted by Gasteiger charge is 2.47. The average molecular weight is 453 g/mol. The first-order valence-electron chi connectivity index (χ1n) is 10.3. The predicted octanol–water partition coefficient (Wildman–Crippen LogP) is 3.93. The number of hydrogen-bond donors (Lipinski definition) is 0. The number of furan rings is 1. The van der Waals surface area contributed by atoms with E-state index in [1.165, 1.54) is 18.4 Å². The lowest BCUT2D eigenvalue weighted by molar-refractivity contribution is -0.122. The molecule has 2 heterocycles. The molecule has 7 nitrogen and oxygen atoms in total. The Kier molecular flexibility index (Phi) is 5.99. The molecule has 32 heavy (non-hydrogen) atoms. The third-order valence-corrected chi connectivity index (χ3v) is 7.40. The lowest BCUT2D eigenvalue weighted by Crippen LogP contribution is -2.45. The quantitative estimate of drug-likeness (QED) is 0.507. The highest BCUT2D eigenvalue weighted by atomic mass is 32.2. The van der Waals surface area contributed by atoms with Crippen LogP contribution in [0, 0.1) is 0 Å². The Bertz CT molecular complexity index is 1200. The summed E-state index contributed by atoms with van der Waals surface area (Å²) in [7, 11) is -4.07. The van der Waals surface area contributed by atoms with Crippen LogP contribution in [-0.2, 0) is 26.2 Å². The van der Waals surface area contributed by atoms with Crippen LogP contribution in [0.15, 0.2) is 82.3 Å². The van der Waals surface area contributed by atoms with Crippen molar-refractivity contribution < 1.29 is 22.4 Å². The summed E-state index contributed by atoms with van der Waals surface area (Å²) in [6, 6.07) is 17.2. The second-order valence-corrected chi connectivity index (χ2v) is 9.87. The van der Waals surface area contributed by atoms with E-state index in [4.69, 9.17) is 4.42 Å². The number of hydrogen-bond acceptors (Lipinski definition) is 5. The Hall–Kier alpha value is -3.23. The van der Waals surface area contributed by atoms with Gasteiger partial charge in [0.1, 0.15) is 11.8 Å². The summed E-state index contributed by atoms with van der Waals surface area (Å²) in [4.78, 5) is 27.3. The molecule has 4 rings (SSSR count). The molecular formula is C24H24N2O5S. The first-order valence-corrected chi connectivity index (χ1v) is 11.8. The summed E-state index contributed by atoms with van der Waals surface area (Å²) in [5.41, 5.74) is 1.51. The van der Waals surface area contributed by atoms with Gasteiger partial charge in [0, 0.05) is 0 Å². The van der Waals surface area contributed by atoms with Crippen molar-refractivity contribution in [1.29, 1.82) is 0 Å². The monoisotopic (exact) mass is 452 g/mol. The number of amides is 2. The van der Waals surface area contributed by atoms with Gasteiger partial charge in [0.2, 0.25) is 15.9 Å². The van der Waals surface area contributed by atoms with Crippen LogP contribution in [0.25, 0.3) is 0 Å². The second kappa shape index (κ2) is 8.72. The molecule has 1 aliphatic rings. The molecule has 166 valence electrons. The largest absolute Gasteiger partial charge is 0.468 e. The zero-order chi connectivity index (χ0) is 22.9. The molecular weight excluding hydrogens is 428 g/mol. The van der Waals surface area contributed by atoms with Gasteiger partial charge in [-0.2, -0.15) is 4.31 Å². The summed E-state index contributed by atoms with van der Waals surface area (Å²) in [6.45, 7) is 3.95. The molecule has 1 atom stereocenters. The number of carbonyl (C=O) groups is 2. The molecule has 1 aliphatic heterocycles. The molecule has 8 heteroatoms. The van der Waals surface area contributed by atoms with Crippen molar-refractivity contribution >= 4 is 27.5 Å². The van der Waals surface area contributed by atoms with Crippen LogP contribution in [0.5, 0.6) is 0 Å². The smallest absolute Gasteiger partial charge is 0.252 e. The number of anilines is 1. The normalized spacial score (nSPS) is 17.0. The maximum atomic E-state index is 13.5. The predicted molar refractivity (Wildman–Crippen MR) is 119 cm³/mol.